The molecule has 3 aromatic rings. The van der Waals surface area contributed by atoms with Crippen LogP contribution in [-0.4, -0.2) is 77.4 Å². The summed E-state index contributed by atoms with van der Waals surface area (Å²) in [6.07, 6.45) is -3.70. The highest BCUT2D eigenvalue weighted by Gasteiger charge is 2.60. The van der Waals surface area contributed by atoms with E-state index in [4.69, 9.17) is 18.9 Å². The summed E-state index contributed by atoms with van der Waals surface area (Å²) < 4.78 is 90.7. The first kappa shape index (κ1) is 39.3. The van der Waals surface area contributed by atoms with Crippen LogP contribution in [-0.2, 0) is 34.7 Å². The van der Waals surface area contributed by atoms with Crippen LogP contribution in [0.4, 0.5) is 18.9 Å². The number of hydrogen-bond acceptors (Lipinski definition) is 12. The summed E-state index contributed by atoms with van der Waals surface area (Å²) in [5.41, 5.74) is -3.28. The lowest BCUT2D eigenvalue weighted by Crippen LogP contribution is -2.57. The summed E-state index contributed by atoms with van der Waals surface area (Å²) in [6, 6.07) is 12.9. The van der Waals surface area contributed by atoms with Crippen molar-refractivity contribution in [2.45, 2.75) is 61.7 Å². The van der Waals surface area contributed by atoms with E-state index in [1.165, 1.54) is 68.9 Å². The van der Waals surface area contributed by atoms with E-state index in [1.54, 1.807) is 6.92 Å². The van der Waals surface area contributed by atoms with E-state index in [9.17, 15) is 36.4 Å². The molecule has 1 aliphatic carbocycles. The van der Waals surface area contributed by atoms with E-state index in [-0.39, 0.29) is 78.6 Å². The second kappa shape index (κ2) is 15.0. The topological polar surface area (TPSA) is 186 Å². The van der Waals surface area contributed by atoms with Gasteiger partial charge in [0.05, 0.1) is 43.7 Å². The lowest BCUT2D eigenvalue weighted by atomic mass is 9.64. The zero-order valence-electron chi connectivity index (χ0n) is 30.1. The van der Waals surface area contributed by atoms with Gasteiger partial charge in [-0.1, -0.05) is 0 Å². The fourth-order valence-corrected chi connectivity index (χ4v) is 9.39. The summed E-state index contributed by atoms with van der Waals surface area (Å²) in [4.78, 5) is 45.5. The van der Waals surface area contributed by atoms with Crippen molar-refractivity contribution in [2.75, 3.05) is 38.2 Å². The summed E-state index contributed by atoms with van der Waals surface area (Å²) in [5.74, 6) is -4.81. The normalized spacial score (nSPS) is 23.7. The number of benzene rings is 2. The van der Waals surface area contributed by atoms with E-state index in [1.807, 2.05) is 6.07 Å². The van der Waals surface area contributed by atoms with Crippen molar-refractivity contribution in [2.24, 2.45) is 11.3 Å². The minimum Gasteiger partial charge on any atom is -0.497 e. The Bertz CT molecular complexity index is 2150. The number of ether oxygens (including phenoxy) is 4. The van der Waals surface area contributed by atoms with Crippen molar-refractivity contribution in [3.05, 3.63) is 71.4 Å². The van der Waals surface area contributed by atoms with Gasteiger partial charge in [0.25, 0.3) is 15.9 Å². The summed E-state index contributed by atoms with van der Waals surface area (Å²) in [5, 5.41) is 15.8. The molecule has 55 heavy (non-hydrogen) atoms. The molecule has 1 saturated heterocycles. The van der Waals surface area contributed by atoms with Crippen molar-refractivity contribution in [1.29, 1.82) is 5.26 Å². The Labute approximate surface area is 314 Å². The van der Waals surface area contributed by atoms with Gasteiger partial charge in [0.15, 0.2) is 5.54 Å². The molecule has 2 aliphatic heterocycles. The number of pyridine rings is 1. The Morgan fingerprint density at radius 1 is 1.07 bits per heavy atom. The number of nitriles is 1. The van der Waals surface area contributed by atoms with Crippen LogP contribution in [0.5, 0.6) is 17.4 Å². The van der Waals surface area contributed by atoms with Crippen LogP contribution in [0.15, 0.2) is 59.6 Å². The van der Waals surface area contributed by atoms with Crippen molar-refractivity contribution >= 4 is 33.5 Å². The van der Waals surface area contributed by atoms with Gasteiger partial charge in [0.1, 0.15) is 22.5 Å². The lowest BCUT2D eigenvalue weighted by molar-refractivity contribution is -0.213. The molecule has 2 aromatic carbocycles. The molecule has 2 unspecified atom stereocenters. The van der Waals surface area contributed by atoms with E-state index >= 15 is 4.79 Å². The molecule has 18 heteroatoms. The number of nitrogens with zero attached hydrogens (tertiary/aromatic N) is 3. The molecule has 1 saturated carbocycles. The number of piperidine rings is 1. The molecular formula is C37H38F3N5O9S. The van der Waals surface area contributed by atoms with Crippen molar-refractivity contribution < 1.29 is 54.9 Å². The van der Waals surface area contributed by atoms with Gasteiger partial charge in [-0.2, -0.15) is 22.7 Å². The molecule has 0 bridgehead atoms. The number of carbonyl (C=O) groups is 3. The fraction of sp³-hybridized carbons (Fsp3) is 0.432. The first-order valence-corrected chi connectivity index (χ1v) is 18.9. The molecule has 2 atom stereocenters. The molecule has 2 fully saturated rings. The number of amides is 2. The van der Waals surface area contributed by atoms with Crippen LogP contribution in [0.25, 0.3) is 0 Å². The average Bonchev–Trinajstić information content (AvgIpc) is 3.42. The molecule has 1 aromatic heterocycles. The van der Waals surface area contributed by atoms with Gasteiger partial charge in [-0.3, -0.25) is 9.59 Å². The van der Waals surface area contributed by atoms with Gasteiger partial charge >= 0.3 is 12.1 Å². The Kier molecular flexibility index (Phi) is 10.7. The van der Waals surface area contributed by atoms with Gasteiger partial charge < -0.3 is 29.6 Å². The Balaban J connectivity index is 1.43. The SMILES string of the molecule is CCOc1ncccc1C1(NC(=O)C2CCC3(CCNCC3OC(=O)C(F)(F)F)CC2)C(=O)N(S(=O)(=O)c2ccc(OC)cc2OC)c2ccc(C#N)cc21. The zero-order chi connectivity index (χ0) is 39.8. The molecule has 14 nitrogen and oxygen atoms in total. The standard InChI is InChI=1S/C37H38F3N5O9S/c1-4-53-32-25(6-5-16-43-32)36(44-31(46)23-11-13-35(14-12-23)15-17-42-21-30(35)54-34(48)37(38,39)40)26-18-22(20-41)7-9-27(26)45(33(36)47)55(49,50)29-10-8-24(51-2)19-28(29)52-3/h5-10,16,18-19,23,30,42H,4,11-15,17,21H2,1-3H3,(H,44,46). The second-order valence-corrected chi connectivity index (χ2v) is 15.2. The van der Waals surface area contributed by atoms with Gasteiger partial charge in [0.2, 0.25) is 11.8 Å². The maximum atomic E-state index is 15.2. The number of esters is 1. The molecule has 1 spiro atoms. The highest BCUT2D eigenvalue weighted by molar-refractivity contribution is 7.93. The number of nitrogens with one attached hydrogen (secondary N) is 2. The van der Waals surface area contributed by atoms with Crippen LogP contribution >= 0.6 is 0 Å². The van der Waals surface area contributed by atoms with Crippen LogP contribution in [0, 0.1) is 22.7 Å². The van der Waals surface area contributed by atoms with Gasteiger partial charge in [-0.05, 0) is 88.0 Å². The number of anilines is 1. The first-order valence-electron chi connectivity index (χ1n) is 17.4. The number of aromatic nitrogens is 1. The van der Waals surface area contributed by atoms with Gasteiger partial charge in [0, 0.05) is 35.7 Å². The number of carbonyl (C=O) groups excluding carboxylic acids is 3. The van der Waals surface area contributed by atoms with E-state index < -0.39 is 61.9 Å². The van der Waals surface area contributed by atoms with Crippen LogP contribution in [0.1, 0.15) is 55.7 Å². The Morgan fingerprint density at radius 2 is 1.82 bits per heavy atom. The second-order valence-electron chi connectivity index (χ2n) is 13.4. The van der Waals surface area contributed by atoms with E-state index in [0.29, 0.717) is 17.3 Å². The molecule has 0 radical (unpaired) electrons. The predicted molar refractivity (Wildman–Crippen MR) is 188 cm³/mol. The summed E-state index contributed by atoms with van der Waals surface area (Å²) >= 11 is 0. The molecular weight excluding hydrogens is 747 g/mol. The van der Waals surface area contributed by atoms with E-state index in [2.05, 4.69) is 15.6 Å². The number of sulfonamides is 1. The smallest absolute Gasteiger partial charge is 0.490 e. The van der Waals surface area contributed by atoms with Crippen LogP contribution in [0.2, 0.25) is 0 Å². The first-order chi connectivity index (χ1) is 26.2. The molecule has 3 heterocycles. The largest absolute Gasteiger partial charge is 0.497 e. The minimum absolute atomic E-state index is 0.00398. The lowest BCUT2D eigenvalue weighted by Gasteiger charge is -2.47. The maximum Gasteiger partial charge on any atom is 0.490 e. The van der Waals surface area contributed by atoms with Gasteiger partial charge in [-0.25, -0.2) is 18.2 Å². The number of halogens is 3. The molecule has 292 valence electrons. The quantitative estimate of drug-likeness (QED) is 0.281. The average molecular weight is 786 g/mol. The highest BCUT2D eigenvalue weighted by Crippen LogP contribution is 2.51. The van der Waals surface area contributed by atoms with Gasteiger partial charge in [-0.15, -0.1) is 0 Å². The third-order valence-electron chi connectivity index (χ3n) is 10.6. The monoisotopic (exact) mass is 785 g/mol. The number of alkyl halides is 3. The fourth-order valence-electron chi connectivity index (χ4n) is 7.79. The highest BCUT2D eigenvalue weighted by atomic mass is 32.2. The molecule has 2 amide bonds. The maximum absolute atomic E-state index is 15.2. The molecule has 6 rings (SSSR count). The van der Waals surface area contributed by atoms with Crippen LogP contribution in [0.3, 0.4) is 0 Å². The van der Waals surface area contributed by atoms with Crippen molar-refractivity contribution in [1.82, 2.24) is 15.6 Å². The predicted octanol–water partition coefficient (Wildman–Crippen LogP) is 4.11. The molecule has 2 N–H and O–H groups in total. The third-order valence-corrected chi connectivity index (χ3v) is 12.3. The third kappa shape index (κ3) is 6.91. The number of methoxy groups -OCH3 is 2. The van der Waals surface area contributed by atoms with Crippen molar-refractivity contribution in [3.8, 4) is 23.4 Å². The van der Waals surface area contributed by atoms with E-state index in [0.717, 1.165) is 0 Å². The van der Waals surface area contributed by atoms with Crippen LogP contribution < -0.4 is 29.1 Å². The van der Waals surface area contributed by atoms with Crippen molar-refractivity contribution in [3.63, 3.8) is 0 Å². The summed E-state index contributed by atoms with van der Waals surface area (Å²) in [7, 11) is -2.18. The molecule has 3 aliphatic rings. The Hall–Kier alpha value is -5.41. The zero-order valence-corrected chi connectivity index (χ0v) is 30.9. The minimum atomic E-state index is -5.17. The number of hydrogen-bond donors (Lipinski definition) is 2. The Morgan fingerprint density at radius 3 is 2.47 bits per heavy atom. The number of fused-ring (bicyclic) bond motifs is 1. The summed E-state index contributed by atoms with van der Waals surface area (Å²) in [6.45, 7) is 2.24. The number of rotatable bonds is 10.